The van der Waals surface area contributed by atoms with Gasteiger partial charge in [-0.3, -0.25) is 4.99 Å². The van der Waals surface area contributed by atoms with E-state index in [1.807, 2.05) is 48.5 Å². The molecule has 0 saturated heterocycles. The number of carbonyl (C=O) groups is 1. The number of carbonyl (C=O) groups excluding carboxylic acids is 1. The molecule has 5 nitrogen and oxygen atoms in total. The van der Waals surface area contributed by atoms with E-state index in [1.54, 1.807) is 7.05 Å². The summed E-state index contributed by atoms with van der Waals surface area (Å²) in [5.41, 5.74) is 4.55. The second kappa shape index (κ2) is 9.47. The van der Waals surface area contributed by atoms with Crippen LogP contribution in [0.25, 0.3) is 0 Å². The Balaban J connectivity index is 1.43. The van der Waals surface area contributed by atoms with E-state index >= 15 is 0 Å². The monoisotopic (exact) mass is 415 g/mol. The molecule has 3 aromatic rings. The van der Waals surface area contributed by atoms with Crippen LogP contribution in [0.2, 0.25) is 0 Å². The SMILES string of the molecule is CN=C(C(=O)OC)c1ccccc1COc1cccc(OC2Cc3ccccc3C2)c1. The maximum Gasteiger partial charge on any atom is 0.356 e. The number of rotatable bonds is 7. The molecule has 0 radical (unpaired) electrons. The normalized spacial score (nSPS) is 13.5. The molecular formula is C26H25NO4. The third kappa shape index (κ3) is 4.77. The zero-order valence-corrected chi connectivity index (χ0v) is 17.7. The molecule has 158 valence electrons. The van der Waals surface area contributed by atoms with Gasteiger partial charge in [-0.1, -0.05) is 54.6 Å². The van der Waals surface area contributed by atoms with Crippen LogP contribution in [0.15, 0.2) is 77.8 Å². The van der Waals surface area contributed by atoms with Crippen molar-refractivity contribution in [1.82, 2.24) is 0 Å². The van der Waals surface area contributed by atoms with E-state index in [0.29, 0.717) is 17.9 Å². The highest BCUT2D eigenvalue weighted by Gasteiger charge is 2.22. The smallest absolute Gasteiger partial charge is 0.356 e. The molecule has 3 aromatic carbocycles. The predicted molar refractivity (Wildman–Crippen MR) is 120 cm³/mol. The van der Waals surface area contributed by atoms with Crippen molar-refractivity contribution < 1.29 is 19.0 Å². The molecule has 0 N–H and O–H groups in total. The van der Waals surface area contributed by atoms with E-state index in [-0.39, 0.29) is 11.8 Å². The quantitative estimate of drug-likeness (QED) is 0.424. The number of aliphatic imine (C=N–C) groups is 1. The van der Waals surface area contributed by atoms with E-state index in [4.69, 9.17) is 14.2 Å². The van der Waals surface area contributed by atoms with Crippen LogP contribution in [-0.2, 0) is 29.0 Å². The van der Waals surface area contributed by atoms with Gasteiger partial charge < -0.3 is 14.2 Å². The Hall–Kier alpha value is -3.60. The summed E-state index contributed by atoms with van der Waals surface area (Å²) < 4.78 is 17.1. The lowest BCUT2D eigenvalue weighted by Gasteiger charge is -2.15. The van der Waals surface area contributed by atoms with Gasteiger partial charge in [0.15, 0.2) is 5.71 Å². The Labute approximate surface area is 182 Å². The topological polar surface area (TPSA) is 57.1 Å². The van der Waals surface area contributed by atoms with Gasteiger partial charge in [0.25, 0.3) is 0 Å². The number of methoxy groups -OCH3 is 1. The number of nitrogens with zero attached hydrogens (tertiary/aromatic N) is 1. The Morgan fingerprint density at radius 3 is 2.32 bits per heavy atom. The average Bonchev–Trinajstić information content (AvgIpc) is 3.21. The molecule has 0 aliphatic heterocycles. The summed E-state index contributed by atoms with van der Waals surface area (Å²) in [5, 5.41) is 0. The summed E-state index contributed by atoms with van der Waals surface area (Å²) in [6, 6.07) is 23.7. The van der Waals surface area contributed by atoms with E-state index < -0.39 is 5.97 Å². The van der Waals surface area contributed by atoms with Crippen molar-refractivity contribution in [3.63, 3.8) is 0 Å². The van der Waals surface area contributed by atoms with Gasteiger partial charge in [0.05, 0.1) is 7.11 Å². The molecule has 1 aliphatic carbocycles. The molecule has 0 unspecified atom stereocenters. The molecule has 4 rings (SSSR count). The number of fused-ring (bicyclic) bond motifs is 1. The summed E-state index contributed by atoms with van der Waals surface area (Å²) >= 11 is 0. The lowest BCUT2D eigenvalue weighted by atomic mass is 10.0. The van der Waals surface area contributed by atoms with Crippen molar-refractivity contribution in [2.45, 2.75) is 25.6 Å². The fourth-order valence-corrected chi connectivity index (χ4v) is 3.89. The lowest BCUT2D eigenvalue weighted by Crippen LogP contribution is -2.19. The molecule has 5 heteroatoms. The average molecular weight is 415 g/mol. The van der Waals surface area contributed by atoms with E-state index in [1.165, 1.54) is 18.2 Å². The number of benzene rings is 3. The Morgan fingerprint density at radius 2 is 1.61 bits per heavy atom. The Bertz CT molecular complexity index is 1080. The largest absolute Gasteiger partial charge is 0.490 e. The highest BCUT2D eigenvalue weighted by atomic mass is 16.5. The van der Waals surface area contributed by atoms with Crippen LogP contribution in [0.5, 0.6) is 11.5 Å². The van der Waals surface area contributed by atoms with E-state index in [2.05, 4.69) is 29.3 Å². The minimum absolute atomic E-state index is 0.136. The maximum atomic E-state index is 12.1. The summed E-state index contributed by atoms with van der Waals surface area (Å²) in [4.78, 5) is 16.2. The molecule has 0 atom stereocenters. The van der Waals surface area contributed by atoms with Crippen LogP contribution in [0, 0.1) is 0 Å². The van der Waals surface area contributed by atoms with Crippen LogP contribution < -0.4 is 9.47 Å². The summed E-state index contributed by atoms with van der Waals surface area (Å²) in [5.74, 6) is 1.02. The first-order valence-corrected chi connectivity index (χ1v) is 10.3. The minimum atomic E-state index is -0.470. The van der Waals surface area contributed by atoms with Gasteiger partial charge in [-0.15, -0.1) is 0 Å². The highest BCUT2D eigenvalue weighted by molar-refractivity contribution is 6.43. The zero-order valence-electron chi connectivity index (χ0n) is 17.7. The molecule has 0 heterocycles. The first kappa shape index (κ1) is 20.7. The van der Waals surface area contributed by atoms with Gasteiger partial charge in [-0.2, -0.15) is 0 Å². The Kier molecular flexibility index (Phi) is 6.32. The zero-order chi connectivity index (χ0) is 21.6. The molecule has 0 bridgehead atoms. The molecule has 0 fully saturated rings. The molecule has 1 aliphatic rings. The highest BCUT2D eigenvalue weighted by Crippen LogP contribution is 2.28. The van der Waals surface area contributed by atoms with Crippen LogP contribution >= 0.6 is 0 Å². The van der Waals surface area contributed by atoms with Crippen LogP contribution in [-0.4, -0.2) is 31.9 Å². The third-order valence-corrected chi connectivity index (χ3v) is 5.39. The summed E-state index contributed by atoms with van der Waals surface area (Å²) in [7, 11) is 2.92. The van der Waals surface area contributed by atoms with Crippen molar-refractivity contribution in [3.8, 4) is 11.5 Å². The molecule has 0 aromatic heterocycles. The number of hydrogen-bond donors (Lipinski definition) is 0. The van der Waals surface area contributed by atoms with Crippen molar-refractivity contribution in [3.05, 3.63) is 95.1 Å². The van der Waals surface area contributed by atoms with Gasteiger partial charge >= 0.3 is 5.97 Å². The maximum absolute atomic E-state index is 12.1. The van der Waals surface area contributed by atoms with Crippen molar-refractivity contribution in [1.29, 1.82) is 0 Å². The van der Waals surface area contributed by atoms with Gasteiger partial charge in [0.1, 0.15) is 24.2 Å². The molecule has 31 heavy (non-hydrogen) atoms. The fraction of sp³-hybridized carbons (Fsp3) is 0.231. The lowest BCUT2D eigenvalue weighted by molar-refractivity contribution is -0.132. The molecule has 0 amide bonds. The first-order valence-electron chi connectivity index (χ1n) is 10.3. The predicted octanol–water partition coefficient (Wildman–Crippen LogP) is 4.40. The molecule has 0 saturated carbocycles. The van der Waals surface area contributed by atoms with Crippen LogP contribution in [0.1, 0.15) is 22.3 Å². The van der Waals surface area contributed by atoms with Crippen LogP contribution in [0.4, 0.5) is 0 Å². The molecular weight excluding hydrogens is 390 g/mol. The second-order valence-electron chi connectivity index (χ2n) is 7.40. The van der Waals surface area contributed by atoms with E-state index in [0.717, 1.165) is 24.2 Å². The fourth-order valence-electron chi connectivity index (χ4n) is 3.89. The van der Waals surface area contributed by atoms with E-state index in [9.17, 15) is 4.79 Å². The summed E-state index contributed by atoms with van der Waals surface area (Å²) in [6.45, 7) is 0.296. The van der Waals surface area contributed by atoms with Gasteiger partial charge in [-0.25, -0.2) is 4.79 Å². The summed E-state index contributed by atoms with van der Waals surface area (Å²) in [6.07, 6.45) is 1.97. The van der Waals surface area contributed by atoms with Crippen LogP contribution in [0.3, 0.4) is 0 Å². The number of hydrogen-bond acceptors (Lipinski definition) is 5. The third-order valence-electron chi connectivity index (χ3n) is 5.39. The second-order valence-corrected chi connectivity index (χ2v) is 7.40. The Morgan fingerprint density at radius 1 is 0.935 bits per heavy atom. The number of ether oxygens (including phenoxy) is 3. The standard InChI is InChI=1S/C26H25NO4/c1-27-25(26(28)29-2)24-13-6-5-10-20(24)17-30-21-11-7-12-22(16-21)31-23-14-18-8-3-4-9-19(18)15-23/h3-13,16,23H,14-15,17H2,1-2H3. The molecule has 0 spiro atoms. The van der Waals surface area contributed by atoms with Gasteiger partial charge in [0.2, 0.25) is 0 Å². The minimum Gasteiger partial charge on any atom is -0.490 e. The van der Waals surface area contributed by atoms with Gasteiger partial charge in [0, 0.05) is 31.5 Å². The van der Waals surface area contributed by atoms with Crippen molar-refractivity contribution >= 4 is 11.7 Å². The van der Waals surface area contributed by atoms with Crippen molar-refractivity contribution in [2.24, 2.45) is 4.99 Å². The first-order chi connectivity index (χ1) is 15.2. The van der Waals surface area contributed by atoms with Gasteiger partial charge in [-0.05, 0) is 28.8 Å². The number of esters is 1. The van der Waals surface area contributed by atoms with Crippen molar-refractivity contribution in [2.75, 3.05) is 14.2 Å².